The number of hydrogen-bond acceptors (Lipinski definition) is 3. The number of rotatable bonds is 3. The van der Waals surface area contributed by atoms with E-state index >= 15 is 0 Å². The zero-order valence-corrected chi connectivity index (χ0v) is 14.8. The molecule has 0 spiro atoms. The molecule has 0 radical (unpaired) electrons. The smallest absolute Gasteiger partial charge is 0.241 e. The Morgan fingerprint density at radius 2 is 1.68 bits per heavy atom. The highest BCUT2D eigenvalue weighted by atomic mass is 35.5. The first-order chi connectivity index (χ1) is 9.85. The molecule has 2 aliphatic rings. The van der Waals surface area contributed by atoms with Crippen LogP contribution in [0.3, 0.4) is 0 Å². The molecule has 0 unspecified atom stereocenters. The fourth-order valence-corrected chi connectivity index (χ4v) is 3.30. The van der Waals surface area contributed by atoms with Crippen molar-refractivity contribution in [2.45, 2.75) is 40.0 Å². The molecule has 2 rings (SSSR count). The minimum atomic E-state index is -0.0415. The highest BCUT2D eigenvalue weighted by Gasteiger charge is 2.31. The Hall–Kier alpha value is -0.810. The molecular formula is C16H30ClN3O2. The summed E-state index contributed by atoms with van der Waals surface area (Å²) in [7, 11) is 0. The summed E-state index contributed by atoms with van der Waals surface area (Å²) in [6.45, 7) is 10.1. The number of fused-ring (bicyclic) bond motifs is 1. The van der Waals surface area contributed by atoms with Crippen molar-refractivity contribution in [3.05, 3.63) is 0 Å². The highest BCUT2D eigenvalue weighted by molar-refractivity contribution is 5.85. The Labute approximate surface area is 140 Å². The Balaban J connectivity index is 0.00000242. The van der Waals surface area contributed by atoms with Gasteiger partial charge in [-0.25, -0.2) is 0 Å². The van der Waals surface area contributed by atoms with Gasteiger partial charge in [0.15, 0.2) is 0 Å². The van der Waals surface area contributed by atoms with Gasteiger partial charge in [0, 0.05) is 19.5 Å². The highest BCUT2D eigenvalue weighted by Crippen LogP contribution is 2.27. The van der Waals surface area contributed by atoms with Gasteiger partial charge in [-0.3, -0.25) is 9.59 Å². The third-order valence-corrected chi connectivity index (χ3v) is 4.50. The molecule has 2 heterocycles. The Morgan fingerprint density at radius 3 is 2.18 bits per heavy atom. The molecule has 6 heteroatoms. The molecule has 0 aromatic carbocycles. The van der Waals surface area contributed by atoms with E-state index in [1.165, 1.54) is 0 Å². The average molecular weight is 332 g/mol. The predicted octanol–water partition coefficient (Wildman–Crippen LogP) is 1.42. The molecule has 2 saturated heterocycles. The number of hydrogen-bond donors (Lipinski definition) is 2. The summed E-state index contributed by atoms with van der Waals surface area (Å²) in [5.74, 6) is 1.47. The minimum absolute atomic E-state index is 0. The lowest BCUT2D eigenvalue weighted by Gasteiger charge is -2.22. The summed E-state index contributed by atoms with van der Waals surface area (Å²) >= 11 is 0. The maximum atomic E-state index is 12.2. The first kappa shape index (κ1) is 19.2. The van der Waals surface area contributed by atoms with Crippen LogP contribution in [0.15, 0.2) is 0 Å². The molecule has 128 valence electrons. The summed E-state index contributed by atoms with van der Waals surface area (Å²) in [6.07, 6.45) is 2.62. The Morgan fingerprint density at radius 1 is 1.14 bits per heavy atom. The summed E-state index contributed by atoms with van der Waals surface area (Å²) in [5.41, 5.74) is -0.0415. The van der Waals surface area contributed by atoms with E-state index in [-0.39, 0.29) is 36.2 Å². The molecule has 2 fully saturated rings. The topological polar surface area (TPSA) is 61.4 Å². The minimum Gasteiger partial charge on any atom is -0.347 e. The number of carbonyl (C=O) groups excluding carboxylic acids is 2. The van der Waals surface area contributed by atoms with Crippen molar-refractivity contribution in [2.75, 3.05) is 32.7 Å². The van der Waals surface area contributed by atoms with Crippen molar-refractivity contribution in [2.24, 2.45) is 17.3 Å². The van der Waals surface area contributed by atoms with E-state index in [0.717, 1.165) is 50.9 Å². The molecule has 0 saturated carbocycles. The standard InChI is InChI=1S/C16H29N3O2.ClH/c1-16(2,3)8-14(20)18-11-15(21)19-6-4-12-9-17-10-13(12)5-7-19;/h12-13,17H,4-11H2,1-3H3,(H,18,20);1H/t12-,13+;. The second-order valence-electron chi connectivity index (χ2n) is 7.65. The molecule has 2 amide bonds. The van der Waals surface area contributed by atoms with Crippen molar-refractivity contribution < 1.29 is 9.59 Å². The average Bonchev–Trinajstić information content (AvgIpc) is 2.73. The molecular weight excluding hydrogens is 302 g/mol. The largest absolute Gasteiger partial charge is 0.347 e. The van der Waals surface area contributed by atoms with E-state index in [1.807, 2.05) is 25.7 Å². The van der Waals surface area contributed by atoms with Gasteiger partial charge in [0.05, 0.1) is 6.54 Å². The van der Waals surface area contributed by atoms with E-state index in [0.29, 0.717) is 6.42 Å². The first-order valence-corrected chi connectivity index (χ1v) is 8.10. The Kier molecular flexibility index (Phi) is 7.13. The Bertz CT molecular complexity index is 381. The predicted molar refractivity (Wildman–Crippen MR) is 90.0 cm³/mol. The van der Waals surface area contributed by atoms with Crippen LogP contribution in [-0.2, 0) is 9.59 Å². The molecule has 0 aromatic heterocycles. The van der Waals surface area contributed by atoms with E-state index in [1.54, 1.807) is 0 Å². The fourth-order valence-electron chi connectivity index (χ4n) is 3.30. The number of nitrogens with zero attached hydrogens (tertiary/aromatic N) is 1. The van der Waals surface area contributed by atoms with E-state index in [4.69, 9.17) is 0 Å². The van der Waals surface area contributed by atoms with Gasteiger partial charge in [-0.15, -0.1) is 12.4 Å². The van der Waals surface area contributed by atoms with Gasteiger partial charge in [-0.05, 0) is 43.2 Å². The van der Waals surface area contributed by atoms with Crippen LogP contribution in [0.5, 0.6) is 0 Å². The quantitative estimate of drug-likeness (QED) is 0.822. The SMILES string of the molecule is CC(C)(C)CC(=O)NCC(=O)N1CC[C@@H]2CNC[C@@H]2CC1.Cl. The molecule has 0 aliphatic carbocycles. The summed E-state index contributed by atoms with van der Waals surface area (Å²) in [6, 6.07) is 0. The van der Waals surface area contributed by atoms with Gasteiger partial charge in [0.25, 0.3) is 0 Å². The van der Waals surface area contributed by atoms with Gasteiger partial charge in [-0.1, -0.05) is 20.8 Å². The third-order valence-electron chi connectivity index (χ3n) is 4.50. The van der Waals surface area contributed by atoms with Crippen LogP contribution in [0.25, 0.3) is 0 Å². The molecule has 5 nitrogen and oxygen atoms in total. The second kappa shape index (κ2) is 8.16. The summed E-state index contributed by atoms with van der Waals surface area (Å²) < 4.78 is 0. The molecule has 2 atom stereocenters. The van der Waals surface area contributed by atoms with Crippen LogP contribution >= 0.6 is 12.4 Å². The molecule has 0 aromatic rings. The molecule has 2 aliphatic heterocycles. The number of likely N-dealkylation sites (tertiary alicyclic amines) is 1. The number of halogens is 1. The van der Waals surface area contributed by atoms with Crippen molar-refractivity contribution in [1.82, 2.24) is 15.5 Å². The lowest BCUT2D eigenvalue weighted by Crippen LogP contribution is -2.41. The number of carbonyl (C=O) groups is 2. The van der Waals surface area contributed by atoms with E-state index < -0.39 is 0 Å². The van der Waals surface area contributed by atoms with Crippen LogP contribution in [0, 0.1) is 17.3 Å². The van der Waals surface area contributed by atoms with Gasteiger partial charge in [0.2, 0.25) is 11.8 Å². The van der Waals surface area contributed by atoms with E-state index in [9.17, 15) is 9.59 Å². The lowest BCUT2D eigenvalue weighted by atomic mass is 9.92. The molecule has 2 N–H and O–H groups in total. The third kappa shape index (κ3) is 5.76. The van der Waals surface area contributed by atoms with Crippen LogP contribution in [-0.4, -0.2) is 49.4 Å². The zero-order chi connectivity index (χ0) is 15.5. The summed E-state index contributed by atoms with van der Waals surface area (Å²) in [4.78, 5) is 25.9. The second-order valence-corrected chi connectivity index (χ2v) is 7.65. The van der Waals surface area contributed by atoms with Crippen LogP contribution < -0.4 is 10.6 Å². The monoisotopic (exact) mass is 331 g/mol. The van der Waals surface area contributed by atoms with Crippen molar-refractivity contribution in [1.29, 1.82) is 0 Å². The summed E-state index contributed by atoms with van der Waals surface area (Å²) in [5, 5.41) is 6.20. The molecule has 22 heavy (non-hydrogen) atoms. The lowest BCUT2D eigenvalue weighted by molar-refractivity contribution is -0.133. The maximum Gasteiger partial charge on any atom is 0.241 e. The normalized spacial score (nSPS) is 25.0. The fraction of sp³-hybridized carbons (Fsp3) is 0.875. The van der Waals surface area contributed by atoms with Crippen molar-refractivity contribution in [3.63, 3.8) is 0 Å². The van der Waals surface area contributed by atoms with Gasteiger partial charge >= 0.3 is 0 Å². The first-order valence-electron chi connectivity index (χ1n) is 8.10. The van der Waals surface area contributed by atoms with Gasteiger partial charge < -0.3 is 15.5 Å². The van der Waals surface area contributed by atoms with Gasteiger partial charge in [0.1, 0.15) is 0 Å². The van der Waals surface area contributed by atoms with Gasteiger partial charge in [-0.2, -0.15) is 0 Å². The molecule has 0 bridgehead atoms. The number of nitrogens with one attached hydrogen (secondary N) is 2. The van der Waals surface area contributed by atoms with Crippen molar-refractivity contribution >= 4 is 24.2 Å². The van der Waals surface area contributed by atoms with Crippen LogP contribution in [0.2, 0.25) is 0 Å². The number of amides is 2. The van der Waals surface area contributed by atoms with E-state index in [2.05, 4.69) is 10.6 Å². The van der Waals surface area contributed by atoms with Crippen LogP contribution in [0.4, 0.5) is 0 Å². The van der Waals surface area contributed by atoms with Crippen molar-refractivity contribution in [3.8, 4) is 0 Å². The maximum absolute atomic E-state index is 12.2. The zero-order valence-electron chi connectivity index (χ0n) is 14.0. The van der Waals surface area contributed by atoms with Crippen LogP contribution in [0.1, 0.15) is 40.0 Å².